The molecule has 0 aromatic carbocycles. The fourth-order valence-electron chi connectivity index (χ4n) is 1.31. The molecule has 1 aromatic heterocycles. The molecule has 1 rings (SSSR count). The summed E-state index contributed by atoms with van der Waals surface area (Å²) in [7, 11) is 3.19. The highest BCUT2D eigenvalue weighted by molar-refractivity contribution is 6.33. The van der Waals surface area contributed by atoms with Gasteiger partial charge in [-0.1, -0.05) is 11.6 Å². The minimum absolute atomic E-state index is 0.232. The third-order valence-electron chi connectivity index (χ3n) is 2.34. The van der Waals surface area contributed by atoms with Gasteiger partial charge in [-0.25, -0.2) is 4.98 Å². The van der Waals surface area contributed by atoms with Crippen molar-refractivity contribution in [2.75, 3.05) is 19.4 Å². The molecule has 0 saturated heterocycles. The number of halogens is 1. The highest BCUT2D eigenvalue weighted by Crippen LogP contribution is 2.17. The molecule has 6 nitrogen and oxygen atoms in total. The fourth-order valence-corrected chi connectivity index (χ4v) is 1.50. The predicted octanol–water partition coefficient (Wildman–Crippen LogP) is 0.641. The molecular formula is C11H15ClN4O2. The molecule has 0 saturated carbocycles. The van der Waals surface area contributed by atoms with Crippen LogP contribution in [0.3, 0.4) is 0 Å². The minimum atomic E-state index is -0.634. The van der Waals surface area contributed by atoms with Crippen LogP contribution >= 0.6 is 11.6 Å². The fraction of sp³-hybridized carbons (Fsp3) is 0.364. The number of hydrogen-bond donors (Lipinski definition) is 3. The highest BCUT2D eigenvalue weighted by atomic mass is 35.5. The zero-order valence-corrected chi connectivity index (χ0v) is 11.1. The van der Waals surface area contributed by atoms with Crippen molar-refractivity contribution >= 4 is 29.2 Å². The number of anilines is 1. The average molecular weight is 271 g/mol. The number of aromatic nitrogens is 1. The van der Waals surface area contributed by atoms with E-state index >= 15 is 0 Å². The monoisotopic (exact) mass is 270 g/mol. The molecule has 7 heteroatoms. The van der Waals surface area contributed by atoms with E-state index in [9.17, 15) is 9.59 Å². The van der Waals surface area contributed by atoms with E-state index < -0.39 is 11.9 Å². The SMILES string of the molecule is CNC(=O)C(C)NC(=O)c1cc(NC)ncc1Cl. The molecule has 0 bridgehead atoms. The second kappa shape index (κ2) is 6.20. The zero-order valence-electron chi connectivity index (χ0n) is 10.4. The Morgan fingerprint density at radius 3 is 2.61 bits per heavy atom. The largest absolute Gasteiger partial charge is 0.373 e. The van der Waals surface area contributed by atoms with Crippen LogP contribution in [0, 0.1) is 0 Å². The average Bonchev–Trinajstić information content (AvgIpc) is 2.38. The van der Waals surface area contributed by atoms with Gasteiger partial charge < -0.3 is 16.0 Å². The van der Waals surface area contributed by atoms with Crippen molar-refractivity contribution in [2.24, 2.45) is 0 Å². The second-order valence-corrected chi connectivity index (χ2v) is 4.02. The summed E-state index contributed by atoms with van der Waals surface area (Å²) in [4.78, 5) is 27.2. The van der Waals surface area contributed by atoms with Crippen molar-refractivity contribution in [2.45, 2.75) is 13.0 Å². The smallest absolute Gasteiger partial charge is 0.253 e. The third-order valence-corrected chi connectivity index (χ3v) is 2.64. The molecule has 2 amide bonds. The van der Waals surface area contributed by atoms with Crippen LogP contribution in [0.15, 0.2) is 12.3 Å². The normalized spacial score (nSPS) is 11.6. The van der Waals surface area contributed by atoms with Gasteiger partial charge in [0.15, 0.2) is 0 Å². The van der Waals surface area contributed by atoms with E-state index in [4.69, 9.17) is 11.6 Å². The lowest BCUT2D eigenvalue weighted by atomic mass is 10.2. The van der Waals surface area contributed by atoms with Crippen molar-refractivity contribution in [3.63, 3.8) is 0 Å². The van der Waals surface area contributed by atoms with Gasteiger partial charge in [-0.15, -0.1) is 0 Å². The van der Waals surface area contributed by atoms with Crippen LogP contribution in [0.25, 0.3) is 0 Å². The molecule has 0 radical (unpaired) electrons. The van der Waals surface area contributed by atoms with Gasteiger partial charge in [-0.2, -0.15) is 0 Å². The number of rotatable bonds is 4. The van der Waals surface area contributed by atoms with E-state index in [0.29, 0.717) is 5.82 Å². The molecule has 0 spiro atoms. The molecule has 1 unspecified atom stereocenters. The maximum Gasteiger partial charge on any atom is 0.253 e. The van der Waals surface area contributed by atoms with Crippen molar-refractivity contribution in [3.05, 3.63) is 22.8 Å². The summed E-state index contributed by atoms with van der Waals surface area (Å²) in [5, 5.41) is 8.04. The Hall–Kier alpha value is -1.82. The number of hydrogen-bond acceptors (Lipinski definition) is 4. The van der Waals surface area contributed by atoms with E-state index in [1.807, 2.05) is 0 Å². The van der Waals surface area contributed by atoms with Gasteiger partial charge in [0.05, 0.1) is 10.6 Å². The van der Waals surface area contributed by atoms with Gasteiger partial charge >= 0.3 is 0 Å². The van der Waals surface area contributed by atoms with Crippen LogP contribution in [0.1, 0.15) is 17.3 Å². The molecule has 0 aliphatic carbocycles. The molecule has 0 aliphatic rings. The molecule has 0 aliphatic heterocycles. The molecule has 1 heterocycles. The molecule has 1 aromatic rings. The van der Waals surface area contributed by atoms with E-state index in [1.165, 1.54) is 19.3 Å². The molecule has 0 fully saturated rings. The second-order valence-electron chi connectivity index (χ2n) is 3.61. The number of likely N-dealkylation sites (N-methyl/N-ethyl adjacent to an activating group) is 1. The van der Waals surface area contributed by atoms with Gasteiger partial charge in [0, 0.05) is 20.3 Å². The number of nitrogens with zero attached hydrogens (tertiary/aromatic N) is 1. The molecular weight excluding hydrogens is 256 g/mol. The summed E-state index contributed by atoms with van der Waals surface area (Å²) in [6.07, 6.45) is 1.38. The number of carbonyl (C=O) groups is 2. The number of carbonyl (C=O) groups excluding carboxylic acids is 2. The molecule has 18 heavy (non-hydrogen) atoms. The Balaban J connectivity index is 2.87. The predicted molar refractivity (Wildman–Crippen MR) is 69.8 cm³/mol. The van der Waals surface area contributed by atoms with Gasteiger partial charge in [0.1, 0.15) is 11.9 Å². The van der Waals surface area contributed by atoms with E-state index in [2.05, 4.69) is 20.9 Å². The zero-order chi connectivity index (χ0) is 13.7. The Morgan fingerprint density at radius 2 is 2.06 bits per heavy atom. The van der Waals surface area contributed by atoms with E-state index in [0.717, 1.165) is 0 Å². The van der Waals surface area contributed by atoms with Gasteiger partial charge in [0.25, 0.3) is 5.91 Å². The Morgan fingerprint density at radius 1 is 1.39 bits per heavy atom. The van der Waals surface area contributed by atoms with Crippen molar-refractivity contribution < 1.29 is 9.59 Å². The first-order valence-corrected chi connectivity index (χ1v) is 5.73. The van der Waals surface area contributed by atoms with Crippen molar-refractivity contribution in [1.82, 2.24) is 15.6 Å². The summed E-state index contributed by atoms with van der Waals surface area (Å²) in [6, 6.07) is 0.888. The van der Waals surface area contributed by atoms with Gasteiger partial charge in [0.2, 0.25) is 5.91 Å². The summed E-state index contributed by atoms with van der Waals surface area (Å²) >= 11 is 5.89. The summed E-state index contributed by atoms with van der Waals surface area (Å²) in [6.45, 7) is 1.59. The summed E-state index contributed by atoms with van der Waals surface area (Å²) in [5.41, 5.74) is 0.270. The minimum Gasteiger partial charge on any atom is -0.373 e. The maximum atomic E-state index is 11.9. The third kappa shape index (κ3) is 3.33. The van der Waals surface area contributed by atoms with E-state index in [-0.39, 0.29) is 16.5 Å². The first-order chi connectivity index (χ1) is 8.49. The van der Waals surface area contributed by atoms with E-state index in [1.54, 1.807) is 14.0 Å². The van der Waals surface area contributed by atoms with Crippen molar-refractivity contribution in [1.29, 1.82) is 0 Å². The topological polar surface area (TPSA) is 83.1 Å². The Kier molecular flexibility index (Phi) is 4.91. The first-order valence-electron chi connectivity index (χ1n) is 5.35. The molecule has 1 atom stereocenters. The first kappa shape index (κ1) is 14.2. The Labute approximate surface area is 110 Å². The van der Waals surface area contributed by atoms with Crippen LogP contribution in [0.4, 0.5) is 5.82 Å². The van der Waals surface area contributed by atoms with Gasteiger partial charge in [-0.05, 0) is 13.0 Å². The standard InChI is InChI=1S/C11H15ClN4O2/c1-6(10(17)14-3)16-11(18)7-4-9(13-2)15-5-8(7)12/h4-6H,1-3H3,(H,13,15)(H,14,17)(H,16,18). The number of pyridine rings is 1. The van der Waals surface area contributed by atoms with Crippen LogP contribution in [0.2, 0.25) is 5.02 Å². The molecule has 98 valence electrons. The lowest BCUT2D eigenvalue weighted by Gasteiger charge is -2.13. The highest BCUT2D eigenvalue weighted by Gasteiger charge is 2.17. The van der Waals surface area contributed by atoms with Crippen molar-refractivity contribution in [3.8, 4) is 0 Å². The summed E-state index contributed by atoms with van der Waals surface area (Å²) < 4.78 is 0. The molecule has 3 N–H and O–H groups in total. The van der Waals surface area contributed by atoms with Crippen LogP contribution in [0.5, 0.6) is 0 Å². The van der Waals surface area contributed by atoms with Gasteiger partial charge in [-0.3, -0.25) is 9.59 Å². The van der Waals surface area contributed by atoms with Crippen LogP contribution in [-0.2, 0) is 4.79 Å². The lowest BCUT2D eigenvalue weighted by Crippen LogP contribution is -2.43. The quantitative estimate of drug-likeness (QED) is 0.750. The van der Waals surface area contributed by atoms with Crippen LogP contribution in [-0.4, -0.2) is 36.9 Å². The lowest BCUT2D eigenvalue weighted by molar-refractivity contribution is -0.122. The Bertz CT molecular complexity index is 464. The number of nitrogens with one attached hydrogen (secondary N) is 3. The summed E-state index contributed by atoms with van der Waals surface area (Å²) in [5.74, 6) is -0.172. The number of amides is 2. The maximum absolute atomic E-state index is 11.9. The van der Waals surface area contributed by atoms with Crippen LogP contribution < -0.4 is 16.0 Å².